The predicted octanol–water partition coefficient (Wildman–Crippen LogP) is 0.720. The van der Waals surface area contributed by atoms with Gasteiger partial charge in [0.2, 0.25) is 0 Å². The summed E-state index contributed by atoms with van der Waals surface area (Å²) >= 11 is 1.52. The molecule has 8 heteroatoms. The molecular weight excluding hydrogens is 304 g/mol. The highest BCUT2D eigenvalue weighted by molar-refractivity contribution is 7.16. The summed E-state index contributed by atoms with van der Waals surface area (Å²) in [7, 11) is 0. The fourth-order valence-electron chi connectivity index (χ4n) is 2.97. The third kappa shape index (κ3) is 1.87. The molecule has 2 saturated heterocycles. The lowest BCUT2D eigenvalue weighted by molar-refractivity contribution is -0.123. The van der Waals surface area contributed by atoms with Crippen LogP contribution in [-0.4, -0.2) is 46.4 Å². The molecule has 4 rings (SSSR count). The molecule has 1 unspecified atom stereocenters. The van der Waals surface area contributed by atoms with E-state index in [0.717, 1.165) is 10.2 Å². The van der Waals surface area contributed by atoms with Gasteiger partial charge in [0.05, 0.1) is 22.3 Å². The summed E-state index contributed by atoms with van der Waals surface area (Å²) in [4.78, 5) is 41.6. The van der Waals surface area contributed by atoms with Gasteiger partial charge in [-0.05, 0) is 24.6 Å². The van der Waals surface area contributed by atoms with Gasteiger partial charge in [-0.1, -0.05) is 0 Å². The lowest BCUT2D eigenvalue weighted by Crippen LogP contribution is -2.49. The lowest BCUT2D eigenvalue weighted by atomic mass is 9.99. The number of carbonyl (C=O) groups is 3. The number of hydrogen-bond acceptors (Lipinski definition) is 5. The van der Waals surface area contributed by atoms with Crippen molar-refractivity contribution >= 4 is 39.4 Å². The van der Waals surface area contributed by atoms with Crippen LogP contribution in [-0.2, 0) is 4.79 Å². The van der Waals surface area contributed by atoms with E-state index in [1.165, 1.54) is 11.3 Å². The molecule has 1 atom stereocenters. The van der Waals surface area contributed by atoms with Crippen molar-refractivity contribution in [2.45, 2.75) is 12.0 Å². The van der Waals surface area contributed by atoms with Crippen LogP contribution in [0.3, 0.4) is 0 Å². The molecule has 2 aliphatic heterocycles. The van der Waals surface area contributed by atoms with E-state index in [9.17, 15) is 14.4 Å². The fourth-order valence-corrected chi connectivity index (χ4v) is 3.63. The van der Waals surface area contributed by atoms with Gasteiger partial charge < -0.3 is 10.2 Å². The topological polar surface area (TPSA) is 91.4 Å². The zero-order valence-electron chi connectivity index (χ0n) is 11.5. The van der Waals surface area contributed by atoms with Crippen molar-refractivity contribution in [3.63, 3.8) is 0 Å². The molecule has 2 N–H and O–H groups in total. The maximum Gasteiger partial charge on any atom is 0.322 e. The van der Waals surface area contributed by atoms with Crippen molar-refractivity contribution in [2.24, 2.45) is 0 Å². The summed E-state index contributed by atoms with van der Waals surface area (Å²) in [6.45, 7) is 0.625. The fraction of sp³-hybridized carbons (Fsp3) is 0.286. The average molecular weight is 316 g/mol. The van der Waals surface area contributed by atoms with Crippen LogP contribution in [0.2, 0.25) is 0 Å². The molecule has 2 aliphatic rings. The summed E-state index contributed by atoms with van der Waals surface area (Å²) in [5, 5.41) is 4.87. The number of fused-ring (bicyclic) bond motifs is 1. The van der Waals surface area contributed by atoms with E-state index in [2.05, 4.69) is 15.6 Å². The molecule has 0 radical (unpaired) electrons. The second-order valence-corrected chi connectivity index (χ2v) is 6.39. The number of aromatic nitrogens is 1. The predicted molar refractivity (Wildman–Crippen MR) is 79.5 cm³/mol. The van der Waals surface area contributed by atoms with E-state index in [0.29, 0.717) is 18.5 Å². The SMILES string of the molecule is O=C1NC(=O)C2(CCN(C(=O)c3ccc4scnc4c3)C2)N1. The summed E-state index contributed by atoms with van der Waals surface area (Å²) in [5.41, 5.74) is 2.09. The first kappa shape index (κ1) is 13.2. The van der Waals surface area contributed by atoms with Crippen LogP contribution < -0.4 is 10.6 Å². The summed E-state index contributed by atoms with van der Waals surface area (Å²) < 4.78 is 1.02. The number of rotatable bonds is 1. The van der Waals surface area contributed by atoms with Gasteiger partial charge in [0.25, 0.3) is 11.8 Å². The quantitative estimate of drug-likeness (QED) is 0.758. The molecule has 1 spiro atoms. The largest absolute Gasteiger partial charge is 0.336 e. The number of hydrogen-bond donors (Lipinski definition) is 2. The highest BCUT2D eigenvalue weighted by Crippen LogP contribution is 2.27. The van der Waals surface area contributed by atoms with Crippen molar-refractivity contribution in [3.05, 3.63) is 29.3 Å². The first-order valence-electron chi connectivity index (χ1n) is 6.84. The highest BCUT2D eigenvalue weighted by Gasteiger charge is 2.51. The van der Waals surface area contributed by atoms with E-state index in [1.807, 2.05) is 6.07 Å². The van der Waals surface area contributed by atoms with Crippen molar-refractivity contribution < 1.29 is 14.4 Å². The third-order valence-electron chi connectivity index (χ3n) is 4.15. The Morgan fingerprint density at radius 2 is 2.23 bits per heavy atom. The Labute approximate surface area is 129 Å². The molecule has 22 heavy (non-hydrogen) atoms. The van der Waals surface area contributed by atoms with Gasteiger partial charge in [0, 0.05) is 12.1 Å². The molecule has 0 bridgehead atoms. The Hall–Kier alpha value is -2.48. The summed E-state index contributed by atoms with van der Waals surface area (Å²) in [6, 6.07) is 4.90. The van der Waals surface area contributed by atoms with Crippen LogP contribution in [0.1, 0.15) is 16.8 Å². The number of nitrogens with zero attached hydrogens (tertiary/aromatic N) is 2. The molecular formula is C14H12N4O3S. The zero-order valence-corrected chi connectivity index (χ0v) is 12.3. The molecule has 0 aliphatic carbocycles. The van der Waals surface area contributed by atoms with Gasteiger partial charge in [-0.25, -0.2) is 9.78 Å². The van der Waals surface area contributed by atoms with E-state index in [4.69, 9.17) is 0 Å². The second kappa shape index (κ2) is 4.51. The molecule has 1 aromatic carbocycles. The standard InChI is InChI=1S/C14H12N4O3S/c19-11(8-1-2-10-9(5-8)15-7-22-10)18-4-3-14(6-18)12(20)16-13(21)17-14/h1-2,5,7H,3-4,6H2,(H2,16,17,20,21). The highest BCUT2D eigenvalue weighted by atomic mass is 32.1. The van der Waals surface area contributed by atoms with Gasteiger partial charge >= 0.3 is 6.03 Å². The first-order chi connectivity index (χ1) is 10.6. The van der Waals surface area contributed by atoms with Gasteiger partial charge in [-0.2, -0.15) is 0 Å². The number of benzene rings is 1. The molecule has 0 saturated carbocycles. The number of likely N-dealkylation sites (tertiary alicyclic amines) is 1. The maximum atomic E-state index is 12.6. The van der Waals surface area contributed by atoms with Gasteiger partial charge in [-0.15, -0.1) is 11.3 Å². The number of amides is 4. The molecule has 2 aromatic rings. The maximum absolute atomic E-state index is 12.6. The van der Waals surface area contributed by atoms with Crippen LogP contribution in [0.5, 0.6) is 0 Å². The van der Waals surface area contributed by atoms with Crippen molar-refractivity contribution in [2.75, 3.05) is 13.1 Å². The number of urea groups is 1. The Kier molecular flexibility index (Phi) is 2.70. The minimum absolute atomic E-state index is 0.152. The molecule has 1 aromatic heterocycles. The van der Waals surface area contributed by atoms with E-state index < -0.39 is 11.6 Å². The number of carbonyl (C=O) groups excluding carboxylic acids is 3. The van der Waals surface area contributed by atoms with Crippen molar-refractivity contribution in [1.29, 1.82) is 0 Å². The van der Waals surface area contributed by atoms with Crippen molar-refractivity contribution in [3.8, 4) is 0 Å². The summed E-state index contributed by atoms with van der Waals surface area (Å²) in [5.74, 6) is -0.511. The van der Waals surface area contributed by atoms with Crippen LogP contribution in [0.4, 0.5) is 4.79 Å². The number of imide groups is 1. The number of thiazole rings is 1. The second-order valence-electron chi connectivity index (χ2n) is 5.50. The van der Waals surface area contributed by atoms with Crippen LogP contribution in [0, 0.1) is 0 Å². The zero-order chi connectivity index (χ0) is 15.3. The van der Waals surface area contributed by atoms with Gasteiger partial charge in [0.15, 0.2) is 0 Å². The Balaban J connectivity index is 1.59. The Bertz CT molecular complexity index is 817. The minimum atomic E-state index is -0.975. The molecule has 4 amide bonds. The molecule has 2 fully saturated rings. The van der Waals surface area contributed by atoms with Gasteiger partial charge in [-0.3, -0.25) is 14.9 Å². The Morgan fingerprint density at radius 1 is 1.36 bits per heavy atom. The Morgan fingerprint density at radius 3 is 3.00 bits per heavy atom. The van der Waals surface area contributed by atoms with Crippen LogP contribution >= 0.6 is 11.3 Å². The normalized spacial score (nSPS) is 24.1. The smallest absolute Gasteiger partial charge is 0.322 e. The van der Waals surface area contributed by atoms with Gasteiger partial charge in [0.1, 0.15) is 5.54 Å². The lowest BCUT2D eigenvalue weighted by Gasteiger charge is -2.21. The molecule has 3 heterocycles. The minimum Gasteiger partial charge on any atom is -0.336 e. The summed E-state index contributed by atoms with van der Waals surface area (Å²) in [6.07, 6.45) is 0.426. The van der Waals surface area contributed by atoms with Crippen LogP contribution in [0.15, 0.2) is 23.7 Å². The van der Waals surface area contributed by atoms with E-state index in [1.54, 1.807) is 22.5 Å². The molecule has 112 valence electrons. The number of nitrogens with one attached hydrogen (secondary N) is 2. The average Bonchev–Trinajstić information content (AvgIpc) is 3.18. The van der Waals surface area contributed by atoms with E-state index in [-0.39, 0.29) is 18.4 Å². The molecule has 7 nitrogen and oxygen atoms in total. The van der Waals surface area contributed by atoms with Crippen LogP contribution in [0.25, 0.3) is 10.2 Å². The van der Waals surface area contributed by atoms with E-state index >= 15 is 0 Å². The third-order valence-corrected chi connectivity index (χ3v) is 4.96. The monoisotopic (exact) mass is 316 g/mol. The first-order valence-corrected chi connectivity index (χ1v) is 7.71. The van der Waals surface area contributed by atoms with Crippen molar-refractivity contribution in [1.82, 2.24) is 20.5 Å².